The molecule has 0 aliphatic heterocycles. The predicted molar refractivity (Wildman–Crippen MR) is 165 cm³/mol. The molecule has 2 saturated carbocycles. The standard InChI is InChI=1S/C35H50F3NO2Si/c1-33(2,3)42(6,7)41-27-21-34(4,5)20-26-29(27)28(22-12-8-9-13-22)30(31(39-26)23-14-10-11-15-23)32(40)24-16-18-25(19-17-24)35(36,37)38/h16-19,22-23,27,32,40H,8-15,20-21H2,1-7H3/t27-,32?/m0/s1. The topological polar surface area (TPSA) is 42.4 Å². The van der Waals surface area contributed by atoms with E-state index < -0.39 is 26.2 Å². The molecular weight excluding hydrogens is 551 g/mol. The molecule has 0 saturated heterocycles. The van der Waals surface area contributed by atoms with E-state index in [1.54, 1.807) is 0 Å². The average Bonchev–Trinajstić information content (AvgIpc) is 3.60. The first kappa shape index (κ1) is 31.7. The van der Waals surface area contributed by atoms with Crippen molar-refractivity contribution in [2.24, 2.45) is 5.41 Å². The quantitative estimate of drug-likeness (QED) is 0.335. The molecule has 0 bridgehead atoms. The smallest absolute Gasteiger partial charge is 0.410 e. The van der Waals surface area contributed by atoms with E-state index in [-0.39, 0.29) is 22.5 Å². The summed E-state index contributed by atoms with van der Waals surface area (Å²) in [7, 11) is -2.15. The van der Waals surface area contributed by atoms with Crippen LogP contribution in [0.25, 0.3) is 0 Å². The summed E-state index contributed by atoms with van der Waals surface area (Å²) in [5.41, 5.74) is 5.22. The fraction of sp³-hybridized carbons (Fsp3) is 0.686. The number of nitrogens with zero attached hydrogens (tertiary/aromatic N) is 1. The Balaban J connectivity index is 1.74. The second kappa shape index (κ2) is 11.3. The molecule has 1 heterocycles. The Morgan fingerprint density at radius 1 is 0.905 bits per heavy atom. The van der Waals surface area contributed by atoms with Gasteiger partial charge in [-0.05, 0) is 91.2 Å². The maximum Gasteiger partial charge on any atom is 0.416 e. The monoisotopic (exact) mass is 601 g/mol. The van der Waals surface area contributed by atoms with Gasteiger partial charge in [0.15, 0.2) is 8.32 Å². The number of hydrogen-bond acceptors (Lipinski definition) is 3. The van der Waals surface area contributed by atoms with Crippen molar-refractivity contribution in [2.45, 2.75) is 147 Å². The fourth-order valence-corrected chi connectivity index (χ4v) is 8.70. The summed E-state index contributed by atoms with van der Waals surface area (Å²) >= 11 is 0. The van der Waals surface area contributed by atoms with Crippen LogP contribution in [0.15, 0.2) is 24.3 Å². The highest BCUT2D eigenvalue weighted by atomic mass is 28.4. The Morgan fingerprint density at radius 3 is 1.98 bits per heavy atom. The molecule has 232 valence electrons. The Morgan fingerprint density at radius 2 is 1.45 bits per heavy atom. The van der Waals surface area contributed by atoms with E-state index in [1.165, 1.54) is 23.3 Å². The van der Waals surface area contributed by atoms with Gasteiger partial charge in [0.05, 0.1) is 17.4 Å². The zero-order valence-electron chi connectivity index (χ0n) is 26.6. The Hall–Kier alpha value is -1.70. The van der Waals surface area contributed by atoms with Crippen LogP contribution < -0.4 is 0 Å². The summed E-state index contributed by atoms with van der Waals surface area (Å²) in [6.07, 6.45) is 4.99. The van der Waals surface area contributed by atoms with Crippen LogP contribution in [0.4, 0.5) is 13.2 Å². The van der Waals surface area contributed by atoms with Gasteiger partial charge in [-0.1, -0.05) is 72.4 Å². The van der Waals surface area contributed by atoms with Crippen molar-refractivity contribution in [3.05, 3.63) is 63.5 Å². The van der Waals surface area contributed by atoms with Gasteiger partial charge in [-0.25, -0.2) is 0 Å². The molecule has 3 aliphatic carbocycles. The zero-order valence-corrected chi connectivity index (χ0v) is 27.6. The summed E-state index contributed by atoms with van der Waals surface area (Å²) in [5.74, 6) is 0.562. The minimum Gasteiger partial charge on any atom is -0.410 e. The molecule has 3 nitrogen and oxygen atoms in total. The van der Waals surface area contributed by atoms with Crippen LogP contribution in [0.2, 0.25) is 18.1 Å². The van der Waals surface area contributed by atoms with E-state index in [4.69, 9.17) is 9.41 Å². The van der Waals surface area contributed by atoms with E-state index in [1.807, 2.05) is 0 Å². The second-order valence-electron chi connectivity index (χ2n) is 15.6. The minimum atomic E-state index is -4.41. The molecule has 2 aromatic rings. The summed E-state index contributed by atoms with van der Waals surface area (Å²) in [5, 5.41) is 12.2. The van der Waals surface area contributed by atoms with Crippen molar-refractivity contribution in [2.75, 3.05) is 0 Å². The molecular formula is C35H50F3NO2Si. The molecule has 2 fully saturated rings. The maximum atomic E-state index is 13.4. The molecule has 7 heteroatoms. The highest BCUT2D eigenvalue weighted by Crippen LogP contribution is 2.54. The molecule has 2 atom stereocenters. The van der Waals surface area contributed by atoms with E-state index in [0.29, 0.717) is 11.5 Å². The SMILES string of the molecule is CC1(C)Cc2nc(C3CCCC3)c(C(O)c3ccc(C(F)(F)F)cc3)c(C3CCCC3)c2[C@@H](O[Si](C)(C)C(C)(C)C)C1. The minimum absolute atomic E-state index is 0.0283. The highest BCUT2D eigenvalue weighted by molar-refractivity contribution is 6.74. The third-order valence-electron chi connectivity index (χ3n) is 10.7. The van der Waals surface area contributed by atoms with Gasteiger partial charge in [-0.3, -0.25) is 4.98 Å². The van der Waals surface area contributed by atoms with E-state index >= 15 is 0 Å². The van der Waals surface area contributed by atoms with Gasteiger partial charge in [0.2, 0.25) is 0 Å². The molecule has 1 aromatic heterocycles. The summed E-state index contributed by atoms with van der Waals surface area (Å²) < 4.78 is 47.5. The van der Waals surface area contributed by atoms with Gasteiger partial charge in [0, 0.05) is 22.7 Å². The lowest BCUT2D eigenvalue weighted by molar-refractivity contribution is -0.137. The fourth-order valence-electron chi connectivity index (χ4n) is 7.43. The molecule has 5 rings (SSSR count). The van der Waals surface area contributed by atoms with Crippen LogP contribution in [0.3, 0.4) is 0 Å². The summed E-state index contributed by atoms with van der Waals surface area (Å²) in [6, 6.07) is 5.11. The number of aliphatic hydroxyl groups excluding tert-OH is 1. The highest BCUT2D eigenvalue weighted by Gasteiger charge is 2.46. The average molecular weight is 602 g/mol. The first-order valence-electron chi connectivity index (χ1n) is 16.1. The number of aromatic nitrogens is 1. The first-order chi connectivity index (χ1) is 19.5. The van der Waals surface area contributed by atoms with Crippen LogP contribution in [-0.2, 0) is 17.0 Å². The molecule has 0 radical (unpaired) electrons. The van der Waals surface area contributed by atoms with Crippen LogP contribution in [0.5, 0.6) is 0 Å². The van der Waals surface area contributed by atoms with Crippen molar-refractivity contribution >= 4 is 8.32 Å². The van der Waals surface area contributed by atoms with E-state index in [2.05, 4.69) is 47.7 Å². The molecule has 1 aromatic carbocycles. The first-order valence-corrected chi connectivity index (χ1v) is 19.0. The van der Waals surface area contributed by atoms with Gasteiger partial charge in [-0.15, -0.1) is 0 Å². The number of pyridine rings is 1. The van der Waals surface area contributed by atoms with Gasteiger partial charge in [0.1, 0.15) is 6.10 Å². The van der Waals surface area contributed by atoms with Crippen LogP contribution >= 0.6 is 0 Å². The van der Waals surface area contributed by atoms with E-state index in [0.717, 1.165) is 93.3 Å². The third kappa shape index (κ3) is 6.25. The lowest BCUT2D eigenvalue weighted by Gasteiger charge is -2.45. The Labute approximate surface area is 251 Å². The lowest BCUT2D eigenvalue weighted by Crippen LogP contribution is -2.44. The van der Waals surface area contributed by atoms with Crippen molar-refractivity contribution in [3.8, 4) is 0 Å². The molecule has 1 N–H and O–H groups in total. The Kier molecular flexibility index (Phi) is 8.56. The van der Waals surface area contributed by atoms with Gasteiger partial charge >= 0.3 is 6.18 Å². The number of fused-ring (bicyclic) bond motifs is 1. The molecule has 0 spiro atoms. The number of alkyl halides is 3. The van der Waals surface area contributed by atoms with Crippen LogP contribution in [0.1, 0.15) is 156 Å². The normalized spacial score (nSPS) is 22.9. The summed E-state index contributed by atoms with van der Waals surface area (Å²) in [4.78, 5) is 5.46. The Bertz CT molecular complexity index is 1270. The van der Waals surface area contributed by atoms with Crippen molar-refractivity contribution in [1.82, 2.24) is 4.98 Å². The number of halogens is 3. The number of hydrogen-bond donors (Lipinski definition) is 1. The second-order valence-corrected chi connectivity index (χ2v) is 20.3. The van der Waals surface area contributed by atoms with Crippen LogP contribution in [-0.4, -0.2) is 18.4 Å². The zero-order chi connectivity index (χ0) is 30.7. The molecule has 1 unspecified atom stereocenters. The third-order valence-corrected chi connectivity index (χ3v) is 15.2. The molecule has 3 aliphatic rings. The van der Waals surface area contributed by atoms with Crippen molar-refractivity contribution in [1.29, 1.82) is 0 Å². The van der Waals surface area contributed by atoms with Gasteiger partial charge in [-0.2, -0.15) is 13.2 Å². The van der Waals surface area contributed by atoms with Crippen LogP contribution in [0, 0.1) is 5.41 Å². The maximum absolute atomic E-state index is 13.4. The lowest BCUT2D eigenvalue weighted by atomic mass is 9.70. The number of aliphatic hydroxyl groups is 1. The molecule has 0 amide bonds. The van der Waals surface area contributed by atoms with Gasteiger partial charge < -0.3 is 9.53 Å². The van der Waals surface area contributed by atoms with E-state index in [9.17, 15) is 18.3 Å². The summed E-state index contributed by atoms with van der Waals surface area (Å²) in [6.45, 7) is 16.1. The number of benzene rings is 1. The largest absolute Gasteiger partial charge is 0.416 e. The van der Waals surface area contributed by atoms with Crippen molar-refractivity contribution in [3.63, 3.8) is 0 Å². The van der Waals surface area contributed by atoms with Gasteiger partial charge in [0.25, 0.3) is 0 Å². The predicted octanol–water partition coefficient (Wildman–Crippen LogP) is 10.5. The van der Waals surface area contributed by atoms with Crippen molar-refractivity contribution < 1.29 is 22.7 Å². The number of rotatable bonds is 6. The molecule has 42 heavy (non-hydrogen) atoms.